The zero-order valence-corrected chi connectivity index (χ0v) is 13.3. The number of amides is 2. The second-order valence-corrected chi connectivity index (χ2v) is 6.04. The summed E-state index contributed by atoms with van der Waals surface area (Å²) < 4.78 is 0. The SMILES string of the molecule is CC(=O)NCCN(C(=O)c1nc(C)sc1C)C(C)C(=O)O. The Hall–Kier alpha value is -1.96. The Balaban J connectivity index is 2.94. The minimum absolute atomic E-state index is 0.113. The van der Waals surface area contributed by atoms with E-state index in [0.29, 0.717) is 0 Å². The van der Waals surface area contributed by atoms with Gasteiger partial charge in [0.25, 0.3) is 5.91 Å². The number of carboxylic acids is 1. The second-order valence-electron chi connectivity index (χ2n) is 4.63. The van der Waals surface area contributed by atoms with Crippen molar-refractivity contribution in [3.63, 3.8) is 0 Å². The predicted octanol–water partition coefficient (Wildman–Crippen LogP) is 0.811. The third-order valence-corrected chi connectivity index (χ3v) is 3.80. The number of aromatic nitrogens is 1. The number of aryl methyl sites for hydroxylation is 2. The second kappa shape index (κ2) is 7.16. The first kappa shape index (κ1) is 17.1. The van der Waals surface area contributed by atoms with E-state index >= 15 is 0 Å². The molecule has 116 valence electrons. The van der Waals surface area contributed by atoms with Crippen molar-refractivity contribution in [2.75, 3.05) is 13.1 Å². The van der Waals surface area contributed by atoms with Gasteiger partial charge in [-0.05, 0) is 20.8 Å². The van der Waals surface area contributed by atoms with Crippen LogP contribution in [0, 0.1) is 13.8 Å². The van der Waals surface area contributed by atoms with Crippen molar-refractivity contribution in [1.29, 1.82) is 0 Å². The lowest BCUT2D eigenvalue weighted by Gasteiger charge is -2.26. The number of hydrogen-bond acceptors (Lipinski definition) is 5. The number of carbonyl (C=O) groups excluding carboxylic acids is 2. The zero-order valence-electron chi connectivity index (χ0n) is 12.5. The lowest BCUT2D eigenvalue weighted by atomic mass is 10.2. The van der Waals surface area contributed by atoms with Crippen LogP contribution < -0.4 is 5.32 Å². The number of rotatable bonds is 6. The Bertz CT molecular complexity index is 556. The summed E-state index contributed by atoms with van der Waals surface area (Å²) in [6, 6.07) is -0.993. The molecule has 0 aliphatic rings. The maximum atomic E-state index is 12.5. The smallest absolute Gasteiger partial charge is 0.326 e. The van der Waals surface area contributed by atoms with Gasteiger partial charge in [-0.1, -0.05) is 0 Å². The monoisotopic (exact) mass is 313 g/mol. The lowest BCUT2D eigenvalue weighted by molar-refractivity contribution is -0.141. The summed E-state index contributed by atoms with van der Waals surface area (Å²) in [5.41, 5.74) is 0.272. The van der Waals surface area contributed by atoms with Crippen LogP contribution in [0.4, 0.5) is 0 Å². The van der Waals surface area contributed by atoms with Crippen LogP contribution in [-0.2, 0) is 9.59 Å². The first-order valence-corrected chi connectivity index (χ1v) is 7.28. The minimum atomic E-state index is -1.10. The Morgan fingerprint density at radius 3 is 2.43 bits per heavy atom. The van der Waals surface area contributed by atoms with E-state index in [1.54, 1.807) is 13.8 Å². The van der Waals surface area contributed by atoms with Crippen molar-refractivity contribution >= 4 is 29.1 Å². The van der Waals surface area contributed by atoms with Gasteiger partial charge in [-0.25, -0.2) is 9.78 Å². The quantitative estimate of drug-likeness (QED) is 0.809. The van der Waals surface area contributed by atoms with Crippen molar-refractivity contribution in [1.82, 2.24) is 15.2 Å². The van der Waals surface area contributed by atoms with Gasteiger partial charge in [0.1, 0.15) is 11.7 Å². The van der Waals surface area contributed by atoms with Gasteiger partial charge in [0.2, 0.25) is 5.91 Å². The Morgan fingerprint density at radius 2 is 2.00 bits per heavy atom. The standard InChI is InChI=1S/C13H19N3O4S/c1-7(13(19)20)16(6-5-14-9(3)17)12(18)11-8(2)21-10(4)15-11/h7H,5-6H2,1-4H3,(H,14,17)(H,19,20). The molecule has 0 fully saturated rings. The topological polar surface area (TPSA) is 99.6 Å². The summed E-state index contributed by atoms with van der Waals surface area (Å²) in [4.78, 5) is 40.7. The average Bonchev–Trinajstić information content (AvgIpc) is 2.72. The van der Waals surface area contributed by atoms with E-state index in [4.69, 9.17) is 5.11 Å². The van der Waals surface area contributed by atoms with Crippen molar-refractivity contribution in [2.45, 2.75) is 33.7 Å². The summed E-state index contributed by atoms with van der Waals surface area (Å²) in [6.45, 7) is 6.66. The van der Waals surface area contributed by atoms with Crippen LogP contribution in [0.5, 0.6) is 0 Å². The lowest BCUT2D eigenvalue weighted by Crippen LogP contribution is -2.47. The summed E-state index contributed by atoms with van der Waals surface area (Å²) in [5.74, 6) is -1.76. The molecule has 21 heavy (non-hydrogen) atoms. The van der Waals surface area contributed by atoms with Gasteiger partial charge in [0, 0.05) is 24.9 Å². The number of nitrogens with zero attached hydrogens (tertiary/aromatic N) is 2. The average molecular weight is 313 g/mol. The van der Waals surface area contributed by atoms with Gasteiger partial charge in [0.05, 0.1) is 5.01 Å². The van der Waals surface area contributed by atoms with E-state index in [1.807, 2.05) is 0 Å². The van der Waals surface area contributed by atoms with Crippen molar-refractivity contribution in [3.8, 4) is 0 Å². The molecule has 0 spiro atoms. The molecule has 8 heteroatoms. The van der Waals surface area contributed by atoms with Gasteiger partial charge < -0.3 is 15.3 Å². The molecule has 7 nitrogen and oxygen atoms in total. The summed E-state index contributed by atoms with van der Waals surface area (Å²) in [5, 5.41) is 12.4. The molecule has 2 N–H and O–H groups in total. The molecule has 0 saturated carbocycles. The number of aliphatic carboxylic acids is 1. The molecular weight excluding hydrogens is 294 g/mol. The molecule has 0 radical (unpaired) electrons. The fourth-order valence-corrected chi connectivity index (χ4v) is 2.63. The molecule has 0 bridgehead atoms. The van der Waals surface area contributed by atoms with Crippen molar-refractivity contribution in [3.05, 3.63) is 15.6 Å². The molecule has 1 heterocycles. The molecule has 1 aromatic heterocycles. The van der Waals surface area contributed by atoms with E-state index in [1.165, 1.54) is 30.1 Å². The largest absolute Gasteiger partial charge is 0.480 e. The molecule has 2 amide bonds. The highest BCUT2D eigenvalue weighted by Gasteiger charge is 2.28. The maximum Gasteiger partial charge on any atom is 0.326 e. The number of thiazole rings is 1. The van der Waals surface area contributed by atoms with Gasteiger partial charge in [-0.15, -0.1) is 11.3 Å². The molecule has 0 aromatic carbocycles. The number of hydrogen-bond donors (Lipinski definition) is 2. The number of nitrogens with one attached hydrogen (secondary N) is 1. The third kappa shape index (κ3) is 4.52. The number of carboxylic acid groups (broad SMARTS) is 1. The molecule has 1 unspecified atom stereocenters. The maximum absolute atomic E-state index is 12.5. The van der Waals surface area contributed by atoms with Crippen LogP contribution in [0.3, 0.4) is 0 Å². The zero-order chi connectivity index (χ0) is 16.2. The molecule has 0 saturated heterocycles. The van der Waals surface area contributed by atoms with Crippen molar-refractivity contribution in [2.24, 2.45) is 0 Å². The van der Waals surface area contributed by atoms with Crippen LogP contribution in [0.1, 0.15) is 34.2 Å². The van der Waals surface area contributed by atoms with E-state index in [9.17, 15) is 14.4 Å². The number of carbonyl (C=O) groups is 3. The van der Waals surface area contributed by atoms with Gasteiger partial charge >= 0.3 is 5.97 Å². The molecule has 0 aliphatic heterocycles. The van der Waals surface area contributed by atoms with Crippen LogP contribution in [-0.4, -0.2) is 51.9 Å². The summed E-state index contributed by atoms with van der Waals surface area (Å²) in [6.07, 6.45) is 0. The van der Waals surface area contributed by atoms with Crippen LogP contribution in [0.2, 0.25) is 0 Å². The molecule has 1 aromatic rings. The van der Waals surface area contributed by atoms with Crippen LogP contribution in [0.15, 0.2) is 0 Å². The van der Waals surface area contributed by atoms with Crippen LogP contribution in [0.25, 0.3) is 0 Å². The van der Waals surface area contributed by atoms with E-state index in [2.05, 4.69) is 10.3 Å². The highest BCUT2D eigenvalue weighted by Crippen LogP contribution is 2.19. The van der Waals surface area contributed by atoms with E-state index < -0.39 is 17.9 Å². The van der Waals surface area contributed by atoms with Crippen molar-refractivity contribution < 1.29 is 19.5 Å². The predicted molar refractivity (Wildman–Crippen MR) is 78.4 cm³/mol. The first-order chi connectivity index (χ1) is 9.73. The Kier molecular flexibility index (Phi) is 5.83. The minimum Gasteiger partial charge on any atom is -0.480 e. The first-order valence-electron chi connectivity index (χ1n) is 6.46. The van der Waals surface area contributed by atoms with Gasteiger partial charge in [0.15, 0.2) is 0 Å². The molecular formula is C13H19N3O4S. The third-order valence-electron chi connectivity index (χ3n) is 2.92. The molecule has 1 rings (SSSR count). The van der Waals surface area contributed by atoms with Crippen LogP contribution >= 0.6 is 11.3 Å². The fourth-order valence-electron chi connectivity index (χ4n) is 1.82. The Morgan fingerprint density at radius 1 is 1.38 bits per heavy atom. The Labute approximate surface area is 127 Å². The van der Waals surface area contributed by atoms with E-state index in [0.717, 1.165) is 9.88 Å². The fraction of sp³-hybridized carbons (Fsp3) is 0.538. The summed E-state index contributed by atoms with van der Waals surface area (Å²) >= 11 is 1.39. The molecule has 0 aliphatic carbocycles. The van der Waals surface area contributed by atoms with Gasteiger partial charge in [-0.2, -0.15) is 0 Å². The highest BCUT2D eigenvalue weighted by atomic mass is 32.1. The molecule has 1 atom stereocenters. The summed E-state index contributed by atoms with van der Waals surface area (Å²) in [7, 11) is 0. The highest BCUT2D eigenvalue weighted by molar-refractivity contribution is 7.11. The van der Waals surface area contributed by atoms with E-state index in [-0.39, 0.29) is 24.7 Å². The van der Waals surface area contributed by atoms with Gasteiger partial charge in [-0.3, -0.25) is 9.59 Å². The normalized spacial score (nSPS) is 11.8.